The monoisotopic (exact) mass is 285 g/mol. The van der Waals surface area contributed by atoms with Crippen molar-refractivity contribution in [3.8, 4) is 0 Å². The first-order valence-electron chi connectivity index (χ1n) is 6.64. The van der Waals surface area contributed by atoms with E-state index in [0.29, 0.717) is 6.54 Å². The van der Waals surface area contributed by atoms with Crippen LogP contribution in [0.5, 0.6) is 0 Å². The fraction of sp³-hybridized carbons (Fsp3) is 0.714. The normalized spacial score (nSPS) is 13.5. The van der Waals surface area contributed by atoms with Crippen molar-refractivity contribution in [3.63, 3.8) is 0 Å². The Hall–Kier alpha value is -1.40. The molecule has 6 heteroatoms. The minimum atomic E-state index is -0.792. The molecule has 4 N–H and O–H groups in total. The molecule has 0 unspecified atom stereocenters. The summed E-state index contributed by atoms with van der Waals surface area (Å²) >= 11 is 0. The van der Waals surface area contributed by atoms with Crippen LogP contribution in [0.2, 0.25) is 0 Å². The van der Waals surface area contributed by atoms with E-state index in [4.69, 9.17) is 10.8 Å². The highest BCUT2D eigenvalue weighted by Crippen LogP contribution is 2.20. The van der Waals surface area contributed by atoms with Crippen molar-refractivity contribution >= 4 is 11.8 Å². The summed E-state index contributed by atoms with van der Waals surface area (Å²) in [6.45, 7) is 9.34. The van der Waals surface area contributed by atoms with Crippen molar-refractivity contribution in [2.24, 2.45) is 11.1 Å². The van der Waals surface area contributed by atoms with Gasteiger partial charge in [0, 0.05) is 17.2 Å². The molecule has 0 saturated carbocycles. The molecule has 20 heavy (non-hydrogen) atoms. The summed E-state index contributed by atoms with van der Waals surface area (Å²) < 4.78 is 0. The fourth-order valence-electron chi connectivity index (χ4n) is 1.30. The van der Waals surface area contributed by atoms with E-state index in [0.717, 1.165) is 6.08 Å². The first kappa shape index (κ1) is 18.6. The van der Waals surface area contributed by atoms with Crippen LogP contribution < -0.4 is 11.1 Å². The number of carbonyl (C=O) groups excluding carboxylic acids is 2. The molecule has 0 spiro atoms. The molecular weight excluding hydrogens is 258 g/mol. The van der Waals surface area contributed by atoms with Crippen LogP contribution in [-0.4, -0.2) is 47.6 Å². The standard InChI is InChI=1S/C14H27N3O3/c1-7-17(6)14(4,5)12(20)16-11(19)8-10(15)13(2,3)9-18/h8,18H,7,9,15H2,1-6H3,(H,16,19,20). The molecule has 0 heterocycles. The number of amides is 2. The number of aliphatic hydroxyl groups is 1. The molecule has 0 rings (SSSR count). The van der Waals surface area contributed by atoms with Crippen LogP contribution in [0.4, 0.5) is 0 Å². The molecule has 0 aliphatic carbocycles. The van der Waals surface area contributed by atoms with Gasteiger partial charge in [-0.3, -0.25) is 19.8 Å². The predicted octanol–water partition coefficient (Wildman–Crippen LogP) is 0.221. The zero-order valence-electron chi connectivity index (χ0n) is 13.3. The smallest absolute Gasteiger partial charge is 0.252 e. The lowest BCUT2D eigenvalue weighted by Crippen LogP contribution is -2.54. The molecule has 0 radical (unpaired) electrons. The molecule has 0 atom stereocenters. The molecule has 0 aromatic heterocycles. The topological polar surface area (TPSA) is 95.7 Å². The number of hydrogen-bond acceptors (Lipinski definition) is 5. The van der Waals surface area contributed by atoms with Crippen LogP contribution in [0.25, 0.3) is 0 Å². The van der Waals surface area contributed by atoms with Crippen molar-refractivity contribution in [1.29, 1.82) is 0 Å². The molecule has 0 saturated heterocycles. The van der Waals surface area contributed by atoms with E-state index < -0.39 is 22.8 Å². The summed E-state index contributed by atoms with van der Waals surface area (Å²) in [4.78, 5) is 25.7. The maximum atomic E-state index is 12.1. The van der Waals surface area contributed by atoms with Crippen LogP contribution in [0, 0.1) is 5.41 Å². The first-order chi connectivity index (χ1) is 8.98. The lowest BCUT2D eigenvalue weighted by atomic mass is 9.90. The molecular formula is C14H27N3O3. The maximum absolute atomic E-state index is 12.1. The van der Waals surface area contributed by atoms with Crippen molar-refractivity contribution in [1.82, 2.24) is 10.2 Å². The number of nitrogens with two attached hydrogens (primary N) is 1. The highest BCUT2D eigenvalue weighted by atomic mass is 16.3. The zero-order chi connectivity index (χ0) is 16.1. The second-order valence-electron chi connectivity index (χ2n) is 6.03. The van der Waals surface area contributed by atoms with Gasteiger partial charge >= 0.3 is 0 Å². The van der Waals surface area contributed by atoms with Gasteiger partial charge in [0.1, 0.15) is 0 Å². The van der Waals surface area contributed by atoms with Gasteiger partial charge in [-0.05, 0) is 27.4 Å². The van der Waals surface area contributed by atoms with Gasteiger partial charge in [0.15, 0.2) is 0 Å². The summed E-state index contributed by atoms with van der Waals surface area (Å²) in [5.41, 5.74) is 4.49. The quantitative estimate of drug-likeness (QED) is 0.607. The molecule has 0 aliphatic heterocycles. The summed E-state index contributed by atoms with van der Waals surface area (Å²) in [6, 6.07) is 0. The molecule has 0 bridgehead atoms. The lowest BCUT2D eigenvalue weighted by molar-refractivity contribution is -0.135. The van der Waals surface area contributed by atoms with Crippen molar-refractivity contribution in [2.45, 2.75) is 40.2 Å². The van der Waals surface area contributed by atoms with E-state index in [-0.39, 0.29) is 12.3 Å². The summed E-state index contributed by atoms with van der Waals surface area (Å²) in [5.74, 6) is -0.968. The van der Waals surface area contributed by atoms with Gasteiger partial charge in [-0.25, -0.2) is 0 Å². The third kappa shape index (κ3) is 4.61. The van der Waals surface area contributed by atoms with E-state index in [1.807, 2.05) is 18.9 Å². The summed E-state index contributed by atoms with van der Waals surface area (Å²) in [6.07, 6.45) is 1.15. The van der Waals surface area contributed by atoms with Crippen LogP contribution in [-0.2, 0) is 9.59 Å². The van der Waals surface area contributed by atoms with Crippen LogP contribution in [0.3, 0.4) is 0 Å². The highest BCUT2D eigenvalue weighted by molar-refractivity contribution is 6.04. The van der Waals surface area contributed by atoms with Gasteiger partial charge in [-0.2, -0.15) is 0 Å². The van der Waals surface area contributed by atoms with Crippen molar-refractivity contribution in [2.75, 3.05) is 20.2 Å². The zero-order valence-corrected chi connectivity index (χ0v) is 13.3. The second-order valence-corrected chi connectivity index (χ2v) is 6.03. The molecule has 0 fully saturated rings. The number of nitrogens with one attached hydrogen (secondary N) is 1. The Bertz CT molecular complexity index is 400. The van der Waals surface area contributed by atoms with Gasteiger partial charge in [-0.1, -0.05) is 20.8 Å². The average Bonchev–Trinajstić information content (AvgIpc) is 2.36. The Balaban J connectivity index is 4.87. The van der Waals surface area contributed by atoms with Gasteiger partial charge < -0.3 is 10.8 Å². The number of nitrogens with zero attached hydrogens (tertiary/aromatic N) is 1. The van der Waals surface area contributed by atoms with Gasteiger partial charge in [-0.15, -0.1) is 0 Å². The molecule has 116 valence electrons. The molecule has 0 aromatic rings. The minimum absolute atomic E-state index is 0.180. The van der Waals surface area contributed by atoms with Gasteiger partial charge in [0.05, 0.1) is 12.1 Å². The Kier molecular flexibility index (Phi) is 6.37. The van der Waals surface area contributed by atoms with Crippen molar-refractivity contribution < 1.29 is 14.7 Å². The van der Waals surface area contributed by atoms with Crippen LogP contribution in [0.15, 0.2) is 11.8 Å². The summed E-state index contributed by atoms with van der Waals surface area (Å²) in [7, 11) is 1.81. The van der Waals surface area contributed by atoms with E-state index in [1.165, 1.54) is 0 Å². The second kappa shape index (κ2) is 6.85. The highest BCUT2D eigenvalue weighted by Gasteiger charge is 2.32. The molecule has 6 nitrogen and oxygen atoms in total. The van der Waals surface area contributed by atoms with E-state index in [9.17, 15) is 9.59 Å². The number of aliphatic hydroxyl groups excluding tert-OH is 1. The largest absolute Gasteiger partial charge is 0.401 e. The lowest BCUT2D eigenvalue weighted by Gasteiger charge is -2.32. The Morgan fingerprint density at radius 1 is 1.30 bits per heavy atom. The van der Waals surface area contributed by atoms with Gasteiger partial charge in [0.25, 0.3) is 5.91 Å². The van der Waals surface area contributed by atoms with Crippen LogP contribution >= 0.6 is 0 Å². The Labute approximate surface area is 121 Å². The SMILES string of the molecule is CCN(C)C(C)(C)C(=O)NC(=O)C=C(N)C(C)(C)CO. The fourth-order valence-corrected chi connectivity index (χ4v) is 1.30. The van der Waals surface area contributed by atoms with Crippen molar-refractivity contribution in [3.05, 3.63) is 11.8 Å². The summed E-state index contributed by atoms with van der Waals surface area (Å²) in [5, 5.41) is 11.5. The van der Waals surface area contributed by atoms with Crippen LogP contribution in [0.1, 0.15) is 34.6 Å². The molecule has 0 aliphatic rings. The number of rotatable bonds is 6. The minimum Gasteiger partial charge on any atom is -0.401 e. The average molecular weight is 285 g/mol. The Morgan fingerprint density at radius 3 is 2.20 bits per heavy atom. The van der Waals surface area contributed by atoms with E-state index >= 15 is 0 Å². The van der Waals surface area contributed by atoms with E-state index in [2.05, 4.69) is 5.32 Å². The number of hydrogen-bond donors (Lipinski definition) is 3. The predicted molar refractivity (Wildman–Crippen MR) is 78.7 cm³/mol. The third-order valence-electron chi connectivity index (χ3n) is 3.68. The molecule has 2 amide bonds. The maximum Gasteiger partial charge on any atom is 0.252 e. The van der Waals surface area contributed by atoms with E-state index in [1.54, 1.807) is 27.7 Å². The first-order valence-corrected chi connectivity index (χ1v) is 6.64. The number of likely N-dealkylation sites (N-methyl/N-ethyl adjacent to an activating group) is 1. The third-order valence-corrected chi connectivity index (χ3v) is 3.68. The van der Waals surface area contributed by atoms with Gasteiger partial charge in [0.2, 0.25) is 5.91 Å². The number of carbonyl (C=O) groups is 2. The number of imide groups is 1. The molecule has 0 aromatic carbocycles. The Morgan fingerprint density at radius 2 is 1.80 bits per heavy atom.